The molecule has 0 N–H and O–H groups in total. The van der Waals surface area contributed by atoms with E-state index in [1.165, 1.54) is 11.8 Å². The number of halogens is 1. The van der Waals surface area contributed by atoms with Crippen LogP contribution in [0.1, 0.15) is 19.8 Å². The van der Waals surface area contributed by atoms with E-state index < -0.39 is 0 Å². The van der Waals surface area contributed by atoms with Gasteiger partial charge in [-0.1, -0.05) is 11.8 Å². The molecule has 0 saturated heterocycles. The number of esters is 1. The Hall–Kier alpha value is -0.880. The van der Waals surface area contributed by atoms with Gasteiger partial charge in [0.05, 0.1) is 23.8 Å². The largest absolute Gasteiger partial charge is 0.466 e. The monoisotopic (exact) mass is 331 g/mol. The summed E-state index contributed by atoms with van der Waals surface area (Å²) in [7, 11) is 0. The van der Waals surface area contributed by atoms with Gasteiger partial charge in [0.25, 0.3) is 0 Å². The number of nitrogens with zero attached hydrogens (tertiary/aromatic N) is 1. The Balaban J connectivity index is 2.24. The number of ether oxygens (including phenoxy) is 1. The molecule has 1 heterocycles. The first-order chi connectivity index (χ1) is 8.61. The Bertz CT molecular complexity index is 408. The number of carbonyl (C=O) groups is 2. The van der Waals surface area contributed by atoms with E-state index in [2.05, 4.69) is 20.9 Å². The topological polar surface area (TPSA) is 56.3 Å². The summed E-state index contributed by atoms with van der Waals surface area (Å²) in [6.45, 7) is 2.10. The molecule has 0 spiro atoms. The van der Waals surface area contributed by atoms with Gasteiger partial charge in [-0.15, -0.1) is 0 Å². The summed E-state index contributed by atoms with van der Waals surface area (Å²) in [5.41, 5.74) is 0. The highest BCUT2D eigenvalue weighted by Crippen LogP contribution is 2.18. The molecule has 98 valence electrons. The standard InChI is InChI=1S/C12H14BrNO3S/c1-2-17-12(16)6-4-10(15)8-18-11-5-3-9(13)7-14-11/h3,5,7H,2,4,6,8H2,1H3. The zero-order valence-electron chi connectivity index (χ0n) is 10.0. The van der Waals surface area contributed by atoms with Crippen molar-refractivity contribution in [3.63, 3.8) is 0 Å². The van der Waals surface area contributed by atoms with Crippen molar-refractivity contribution in [1.29, 1.82) is 0 Å². The Labute approximate surface area is 119 Å². The van der Waals surface area contributed by atoms with Crippen LogP contribution >= 0.6 is 27.7 Å². The summed E-state index contributed by atoms with van der Waals surface area (Å²) < 4.78 is 5.66. The number of rotatable bonds is 7. The quantitative estimate of drug-likeness (QED) is 0.568. The van der Waals surface area contributed by atoms with Crippen LogP contribution in [0.15, 0.2) is 27.8 Å². The fraction of sp³-hybridized carbons (Fsp3) is 0.417. The first-order valence-corrected chi connectivity index (χ1v) is 7.31. The van der Waals surface area contributed by atoms with Gasteiger partial charge in [-0.2, -0.15) is 0 Å². The summed E-state index contributed by atoms with van der Waals surface area (Å²) in [4.78, 5) is 26.7. The molecule has 0 unspecified atom stereocenters. The van der Waals surface area contributed by atoms with Gasteiger partial charge in [-0.25, -0.2) is 4.98 Å². The van der Waals surface area contributed by atoms with Gasteiger partial charge in [-0.05, 0) is 35.0 Å². The van der Waals surface area contributed by atoms with E-state index >= 15 is 0 Å². The molecule has 0 radical (unpaired) electrons. The third-order valence-electron chi connectivity index (χ3n) is 1.99. The van der Waals surface area contributed by atoms with Crippen molar-refractivity contribution in [1.82, 2.24) is 4.98 Å². The third-order valence-corrected chi connectivity index (χ3v) is 3.47. The molecule has 0 bridgehead atoms. The maximum atomic E-state index is 11.5. The molecule has 6 heteroatoms. The molecule has 1 rings (SSSR count). The van der Waals surface area contributed by atoms with Gasteiger partial charge < -0.3 is 4.74 Å². The summed E-state index contributed by atoms with van der Waals surface area (Å²) in [6, 6.07) is 3.71. The predicted octanol–water partition coefficient (Wildman–Crippen LogP) is 2.85. The minimum Gasteiger partial charge on any atom is -0.466 e. The molecule has 0 saturated carbocycles. The zero-order valence-corrected chi connectivity index (χ0v) is 12.4. The average Bonchev–Trinajstić information content (AvgIpc) is 2.36. The Morgan fingerprint density at radius 2 is 2.17 bits per heavy atom. The second kappa shape index (κ2) is 8.26. The lowest BCUT2D eigenvalue weighted by Gasteiger charge is -2.02. The number of Topliss-reactive ketones (excluding diaryl/α,β-unsaturated/α-hetero) is 1. The number of thioether (sulfide) groups is 1. The molecule has 0 fully saturated rings. The third kappa shape index (κ3) is 6.16. The number of ketones is 1. The minimum atomic E-state index is -0.322. The maximum Gasteiger partial charge on any atom is 0.306 e. The molecule has 1 aromatic heterocycles. The molecule has 0 aliphatic rings. The fourth-order valence-corrected chi connectivity index (χ4v) is 2.13. The van der Waals surface area contributed by atoms with Gasteiger partial charge in [0.2, 0.25) is 0 Å². The number of hydrogen-bond acceptors (Lipinski definition) is 5. The smallest absolute Gasteiger partial charge is 0.306 e. The van der Waals surface area contributed by atoms with Gasteiger partial charge in [0, 0.05) is 17.1 Å². The normalized spacial score (nSPS) is 10.1. The second-order valence-corrected chi connectivity index (χ2v) is 5.36. The van der Waals surface area contributed by atoms with Crippen LogP contribution < -0.4 is 0 Å². The highest BCUT2D eigenvalue weighted by atomic mass is 79.9. The van der Waals surface area contributed by atoms with Crippen LogP contribution in [0.4, 0.5) is 0 Å². The van der Waals surface area contributed by atoms with Crippen molar-refractivity contribution in [2.24, 2.45) is 0 Å². The SMILES string of the molecule is CCOC(=O)CCC(=O)CSc1ccc(Br)cn1. The number of carbonyl (C=O) groups excluding carboxylic acids is 2. The van der Waals surface area contributed by atoms with Crippen LogP contribution in [-0.4, -0.2) is 29.1 Å². The van der Waals surface area contributed by atoms with Crippen molar-refractivity contribution in [2.45, 2.75) is 24.8 Å². The Morgan fingerprint density at radius 1 is 1.39 bits per heavy atom. The lowest BCUT2D eigenvalue weighted by Crippen LogP contribution is -2.09. The van der Waals surface area contributed by atoms with Crippen molar-refractivity contribution in [2.75, 3.05) is 12.4 Å². The van der Waals surface area contributed by atoms with Crippen LogP contribution in [-0.2, 0) is 14.3 Å². The van der Waals surface area contributed by atoms with E-state index in [4.69, 9.17) is 4.74 Å². The minimum absolute atomic E-state index is 0.0257. The van der Waals surface area contributed by atoms with E-state index in [0.29, 0.717) is 12.4 Å². The number of pyridine rings is 1. The fourth-order valence-electron chi connectivity index (χ4n) is 1.15. The van der Waals surface area contributed by atoms with E-state index in [0.717, 1.165) is 9.50 Å². The summed E-state index contributed by atoms with van der Waals surface area (Å²) in [5, 5.41) is 0.794. The van der Waals surface area contributed by atoms with Crippen LogP contribution in [0, 0.1) is 0 Å². The van der Waals surface area contributed by atoms with Crippen LogP contribution in [0.25, 0.3) is 0 Å². The van der Waals surface area contributed by atoms with Gasteiger partial charge in [0.1, 0.15) is 5.78 Å². The van der Waals surface area contributed by atoms with E-state index in [-0.39, 0.29) is 24.6 Å². The van der Waals surface area contributed by atoms with E-state index in [9.17, 15) is 9.59 Å². The molecule has 4 nitrogen and oxygen atoms in total. The van der Waals surface area contributed by atoms with Crippen LogP contribution in [0.2, 0.25) is 0 Å². The molecule has 0 aliphatic carbocycles. The van der Waals surface area contributed by atoms with Crippen molar-refractivity contribution in [3.05, 3.63) is 22.8 Å². The first-order valence-electron chi connectivity index (χ1n) is 5.53. The Kier molecular flexibility index (Phi) is 6.97. The number of hydrogen-bond donors (Lipinski definition) is 0. The lowest BCUT2D eigenvalue weighted by atomic mass is 10.2. The lowest BCUT2D eigenvalue weighted by molar-refractivity contribution is -0.144. The second-order valence-electron chi connectivity index (χ2n) is 3.45. The summed E-state index contributed by atoms with van der Waals surface area (Å²) >= 11 is 4.66. The highest BCUT2D eigenvalue weighted by molar-refractivity contribution is 9.10. The van der Waals surface area contributed by atoms with Crippen molar-refractivity contribution < 1.29 is 14.3 Å². The van der Waals surface area contributed by atoms with Gasteiger partial charge >= 0.3 is 5.97 Å². The molecule has 0 aromatic carbocycles. The van der Waals surface area contributed by atoms with Crippen molar-refractivity contribution >= 4 is 39.4 Å². The molecule has 0 atom stereocenters. The average molecular weight is 332 g/mol. The number of aromatic nitrogens is 1. The molecule has 0 amide bonds. The van der Waals surface area contributed by atoms with Gasteiger partial charge in [-0.3, -0.25) is 9.59 Å². The molecular weight excluding hydrogens is 318 g/mol. The molecule has 1 aromatic rings. The Morgan fingerprint density at radius 3 is 2.78 bits per heavy atom. The predicted molar refractivity (Wildman–Crippen MR) is 73.5 cm³/mol. The summed E-state index contributed by atoms with van der Waals surface area (Å²) in [5.74, 6) is 0.0315. The summed E-state index contributed by atoms with van der Waals surface area (Å²) in [6.07, 6.45) is 2.06. The first kappa shape index (κ1) is 15.2. The van der Waals surface area contributed by atoms with E-state index in [1.54, 1.807) is 13.1 Å². The van der Waals surface area contributed by atoms with E-state index in [1.807, 2.05) is 12.1 Å². The maximum absolute atomic E-state index is 11.5. The van der Waals surface area contributed by atoms with Crippen molar-refractivity contribution in [3.8, 4) is 0 Å². The highest BCUT2D eigenvalue weighted by Gasteiger charge is 2.08. The zero-order chi connectivity index (χ0) is 13.4. The van der Waals surface area contributed by atoms with Gasteiger partial charge in [0.15, 0.2) is 0 Å². The van der Waals surface area contributed by atoms with Crippen LogP contribution in [0.3, 0.4) is 0 Å². The van der Waals surface area contributed by atoms with Crippen LogP contribution in [0.5, 0.6) is 0 Å². The molecule has 18 heavy (non-hydrogen) atoms. The molecule has 0 aliphatic heterocycles. The molecular formula is C12H14BrNO3S.